The normalized spacial score (nSPS) is 23.6. The maximum atomic E-state index is 12.7. The average Bonchev–Trinajstić information content (AvgIpc) is 2.46. The summed E-state index contributed by atoms with van der Waals surface area (Å²) in [6.07, 6.45) is -1.47. The molecule has 0 aromatic heterocycles. The number of phenols is 1. The monoisotopic (exact) mass is 316 g/mol. The fourth-order valence-corrected chi connectivity index (χ4v) is 3.25. The molecule has 2 atom stereocenters. The molecule has 0 saturated carbocycles. The van der Waals surface area contributed by atoms with Crippen molar-refractivity contribution < 1.29 is 29.3 Å². The topological polar surface area (TPSA) is 101 Å². The van der Waals surface area contributed by atoms with Crippen LogP contribution in [-0.2, 0) is 9.53 Å². The Balaban J connectivity index is 2.10. The molecule has 0 radical (unpaired) electrons. The molecule has 0 amide bonds. The van der Waals surface area contributed by atoms with Gasteiger partial charge in [0.25, 0.3) is 0 Å². The van der Waals surface area contributed by atoms with Crippen LogP contribution in [0.4, 0.5) is 0 Å². The number of hydrogen-bond donors (Lipinski definition) is 2. The van der Waals surface area contributed by atoms with Crippen LogP contribution in [-0.4, -0.2) is 40.0 Å². The molecule has 0 saturated heterocycles. The fraction of sp³-hybridized carbons (Fsp3) is 0.353. The molecule has 120 valence electrons. The number of benzene rings is 1. The number of hydrogen-bond acceptors (Lipinski definition) is 5. The Labute approximate surface area is 132 Å². The Morgan fingerprint density at radius 1 is 1.30 bits per heavy atom. The molecule has 2 aliphatic rings. The first kappa shape index (κ1) is 15.4. The summed E-state index contributed by atoms with van der Waals surface area (Å²) in [4.78, 5) is 36.3. The van der Waals surface area contributed by atoms with E-state index in [9.17, 15) is 19.5 Å². The highest BCUT2D eigenvalue weighted by molar-refractivity contribution is 6.28. The largest absolute Gasteiger partial charge is 0.507 e. The smallest absolute Gasteiger partial charge is 0.305 e. The van der Waals surface area contributed by atoms with Crippen LogP contribution in [0.2, 0.25) is 0 Å². The summed E-state index contributed by atoms with van der Waals surface area (Å²) in [5, 5.41) is 19.1. The number of rotatable bonds is 2. The lowest BCUT2D eigenvalue weighted by Crippen LogP contribution is -2.38. The van der Waals surface area contributed by atoms with E-state index in [1.165, 1.54) is 6.07 Å². The van der Waals surface area contributed by atoms with Crippen LogP contribution in [0.25, 0.3) is 0 Å². The minimum atomic E-state index is -1.02. The van der Waals surface area contributed by atoms with Gasteiger partial charge in [-0.05, 0) is 25.5 Å². The molecule has 2 N–H and O–H groups in total. The molecule has 6 nitrogen and oxygen atoms in total. The molecule has 6 heteroatoms. The molecule has 0 unspecified atom stereocenters. The van der Waals surface area contributed by atoms with Gasteiger partial charge in [-0.3, -0.25) is 14.4 Å². The van der Waals surface area contributed by atoms with Gasteiger partial charge >= 0.3 is 5.97 Å². The predicted molar refractivity (Wildman–Crippen MR) is 79.7 cm³/mol. The van der Waals surface area contributed by atoms with Gasteiger partial charge in [0.2, 0.25) is 0 Å². The van der Waals surface area contributed by atoms with Crippen molar-refractivity contribution in [3.05, 3.63) is 40.0 Å². The lowest BCUT2D eigenvalue weighted by Gasteiger charge is -2.33. The first-order valence-corrected chi connectivity index (χ1v) is 7.33. The Hall–Kier alpha value is -2.47. The Morgan fingerprint density at radius 3 is 2.65 bits per heavy atom. The van der Waals surface area contributed by atoms with Crippen LogP contribution in [0.5, 0.6) is 5.75 Å². The van der Waals surface area contributed by atoms with E-state index in [1.807, 2.05) is 0 Å². The molecule has 0 fully saturated rings. The molecule has 0 spiro atoms. The number of ether oxygens (including phenoxy) is 1. The van der Waals surface area contributed by atoms with E-state index >= 15 is 0 Å². The van der Waals surface area contributed by atoms with Gasteiger partial charge < -0.3 is 14.9 Å². The minimum Gasteiger partial charge on any atom is -0.507 e. The summed E-state index contributed by atoms with van der Waals surface area (Å²) in [7, 11) is 0. The second kappa shape index (κ2) is 5.31. The van der Waals surface area contributed by atoms with E-state index in [4.69, 9.17) is 9.84 Å². The lowest BCUT2D eigenvalue weighted by molar-refractivity contribution is -0.141. The molecular weight excluding hydrogens is 300 g/mol. The summed E-state index contributed by atoms with van der Waals surface area (Å²) in [6, 6.07) is 3.11. The van der Waals surface area contributed by atoms with Crippen molar-refractivity contribution in [3.63, 3.8) is 0 Å². The number of Topliss-reactive ketones (excluding diaryl/α,β-unsaturated/α-hetero) is 2. The SMILES string of the molecule is Cc1ccc2c(c1O)C(=O)C1=C(C[C@@H](CC(=O)O)O[C@@H]1C)C2=O. The third-order valence-corrected chi connectivity index (χ3v) is 4.33. The zero-order valence-corrected chi connectivity index (χ0v) is 12.8. The van der Waals surface area contributed by atoms with E-state index in [1.54, 1.807) is 19.9 Å². The molecule has 1 aliphatic carbocycles. The number of carboxylic acid groups (broad SMARTS) is 1. The van der Waals surface area contributed by atoms with Crippen molar-refractivity contribution in [1.29, 1.82) is 0 Å². The molecule has 0 bridgehead atoms. The van der Waals surface area contributed by atoms with E-state index in [0.29, 0.717) is 11.1 Å². The number of aliphatic carboxylic acids is 1. The maximum absolute atomic E-state index is 12.7. The lowest BCUT2D eigenvalue weighted by atomic mass is 9.77. The van der Waals surface area contributed by atoms with Crippen LogP contribution in [0.3, 0.4) is 0 Å². The summed E-state index contributed by atoms with van der Waals surface area (Å²) in [5.74, 6) is -1.96. The Kier molecular flexibility index (Phi) is 3.56. The van der Waals surface area contributed by atoms with Crippen LogP contribution in [0, 0.1) is 6.92 Å². The number of fused-ring (bicyclic) bond motifs is 1. The molecule has 1 aliphatic heterocycles. The number of phenolic OH excluding ortho intramolecular Hbond substituents is 1. The van der Waals surface area contributed by atoms with Crippen LogP contribution >= 0.6 is 0 Å². The second-order valence-corrected chi connectivity index (χ2v) is 5.91. The Morgan fingerprint density at radius 2 is 2.00 bits per heavy atom. The van der Waals surface area contributed by atoms with Crippen molar-refractivity contribution >= 4 is 17.5 Å². The van der Waals surface area contributed by atoms with E-state index in [-0.39, 0.29) is 41.1 Å². The quantitative estimate of drug-likeness (QED) is 0.865. The van der Waals surface area contributed by atoms with Gasteiger partial charge in [0.05, 0.1) is 24.2 Å². The van der Waals surface area contributed by atoms with Gasteiger partial charge in [0.1, 0.15) is 5.75 Å². The Bertz CT molecular complexity index is 774. The molecular formula is C17H16O6. The maximum Gasteiger partial charge on any atom is 0.305 e. The van der Waals surface area contributed by atoms with E-state index in [0.717, 1.165) is 0 Å². The van der Waals surface area contributed by atoms with Crippen LogP contribution < -0.4 is 0 Å². The van der Waals surface area contributed by atoms with E-state index < -0.39 is 24.0 Å². The predicted octanol–water partition coefficient (Wildman–Crippen LogP) is 2.03. The van der Waals surface area contributed by atoms with Crippen molar-refractivity contribution in [2.75, 3.05) is 0 Å². The number of carboxylic acids is 1. The summed E-state index contributed by atoms with van der Waals surface area (Å²) < 4.78 is 5.58. The summed E-state index contributed by atoms with van der Waals surface area (Å²) in [5.41, 5.74) is 1.23. The zero-order valence-electron chi connectivity index (χ0n) is 12.8. The first-order valence-electron chi connectivity index (χ1n) is 7.33. The zero-order chi connectivity index (χ0) is 16.9. The second-order valence-electron chi connectivity index (χ2n) is 5.91. The van der Waals surface area contributed by atoms with Crippen LogP contribution in [0.1, 0.15) is 46.0 Å². The summed E-state index contributed by atoms with van der Waals surface area (Å²) >= 11 is 0. The average molecular weight is 316 g/mol. The van der Waals surface area contributed by atoms with E-state index in [2.05, 4.69) is 0 Å². The van der Waals surface area contributed by atoms with Crippen molar-refractivity contribution in [3.8, 4) is 5.75 Å². The number of ketones is 2. The molecule has 3 rings (SSSR count). The number of aromatic hydroxyl groups is 1. The van der Waals surface area contributed by atoms with Crippen molar-refractivity contribution in [2.24, 2.45) is 0 Å². The fourth-order valence-electron chi connectivity index (χ4n) is 3.25. The van der Waals surface area contributed by atoms with Gasteiger partial charge in [-0.25, -0.2) is 0 Å². The van der Waals surface area contributed by atoms with Crippen molar-refractivity contribution in [2.45, 2.75) is 38.9 Å². The molecule has 1 aromatic carbocycles. The molecule has 23 heavy (non-hydrogen) atoms. The molecule has 1 aromatic rings. The van der Waals surface area contributed by atoms with Gasteiger partial charge in [0, 0.05) is 23.1 Å². The highest BCUT2D eigenvalue weighted by atomic mass is 16.5. The summed E-state index contributed by atoms with van der Waals surface area (Å²) in [6.45, 7) is 3.27. The molecule has 1 heterocycles. The van der Waals surface area contributed by atoms with Gasteiger partial charge in [-0.2, -0.15) is 0 Å². The highest BCUT2D eigenvalue weighted by Crippen LogP contribution is 2.40. The third-order valence-electron chi connectivity index (χ3n) is 4.33. The third kappa shape index (κ3) is 2.35. The number of carbonyl (C=O) groups is 3. The highest BCUT2D eigenvalue weighted by Gasteiger charge is 2.41. The van der Waals surface area contributed by atoms with Crippen LogP contribution in [0.15, 0.2) is 23.3 Å². The number of carbonyl (C=O) groups excluding carboxylic acids is 2. The minimum absolute atomic E-state index is 0.0147. The van der Waals surface area contributed by atoms with Gasteiger partial charge in [0.15, 0.2) is 11.6 Å². The first-order chi connectivity index (χ1) is 10.8. The van der Waals surface area contributed by atoms with Gasteiger partial charge in [-0.15, -0.1) is 0 Å². The van der Waals surface area contributed by atoms with Crippen molar-refractivity contribution in [1.82, 2.24) is 0 Å². The number of aryl methyl sites for hydroxylation is 1. The standard InChI is InChI=1S/C17H16O6/c1-7-3-4-10-14(15(7)20)17(22)13-8(2)23-9(6-12(18)19)5-11(13)16(10)21/h3-4,8-9,20H,5-6H2,1-2H3,(H,18,19)/t8-,9+/m1/s1. The van der Waals surface area contributed by atoms with Gasteiger partial charge in [-0.1, -0.05) is 6.07 Å².